The zero-order valence-electron chi connectivity index (χ0n) is 38.1. The predicted molar refractivity (Wildman–Crippen MR) is 250 cm³/mol. The van der Waals surface area contributed by atoms with Crippen LogP contribution >= 0.6 is 0 Å². The molecule has 0 saturated carbocycles. The molecule has 1 unspecified atom stereocenters. The minimum absolute atomic E-state index is 0. The smallest absolute Gasteiger partial charge is 0.495 e. The van der Waals surface area contributed by atoms with Crippen LogP contribution in [-0.4, -0.2) is 89.0 Å². The van der Waals surface area contributed by atoms with Crippen LogP contribution in [0.5, 0.6) is 23.0 Å². The summed E-state index contributed by atoms with van der Waals surface area (Å²) in [6, 6.07) is 28.8. The van der Waals surface area contributed by atoms with E-state index in [0.717, 1.165) is 18.3 Å². The van der Waals surface area contributed by atoms with Gasteiger partial charge in [0.2, 0.25) is 0 Å². The van der Waals surface area contributed by atoms with Crippen molar-refractivity contribution in [3.63, 3.8) is 0 Å². The monoisotopic (exact) mass is 952 g/mol. The Morgan fingerprint density at radius 2 is 1.15 bits per heavy atom. The standard InChI is InChI=1S/C19H22BNO7S.C19H21BO4.C6H13NO4S.CH4/c1-19(2,3)27-18(22)21-29(24,25)12-17-15-10-9-14(11-16(15)20(23)28-17)26-13-7-5-4-6-8-13;1-18(2)19(3,4)24-20(23-18)17-12-16(11-10-14(17)13-21)22-15-8-6-5-7-9-15;1-6(2,3)11-5(8)7-12(4,9)10;/h4-11,17,23H,12H2,1-3H3,(H,21,22);5-13H,1-4H3;1-4H3,(H,7,8);1H4/p-2. The Bertz CT molecular complexity index is 2530. The third kappa shape index (κ3) is 17.1. The van der Waals surface area contributed by atoms with Crippen molar-refractivity contribution in [2.24, 2.45) is 8.80 Å². The first kappa shape index (κ1) is 54.9. The number of carbonyl (C=O) groups is 1. The first-order valence-corrected chi connectivity index (χ1v) is 23.6. The average Bonchev–Trinajstić information content (AvgIpc) is 3.58. The molecule has 0 bridgehead atoms. The number of rotatable bonds is 10. The minimum Gasteiger partial charge on any atom is -0.594 e. The zero-order chi connectivity index (χ0) is 48.6. The van der Waals surface area contributed by atoms with Crippen LogP contribution in [0.4, 0.5) is 0 Å². The van der Waals surface area contributed by atoms with Crippen molar-refractivity contribution in [1.29, 1.82) is 0 Å². The van der Waals surface area contributed by atoms with Gasteiger partial charge in [0.1, 0.15) is 35.0 Å². The number of aldehydes is 1. The molecule has 0 spiro atoms. The predicted octanol–water partition coefficient (Wildman–Crippen LogP) is 4.80. The molecule has 17 nitrogen and oxygen atoms in total. The van der Waals surface area contributed by atoms with E-state index in [1.54, 1.807) is 90.1 Å². The van der Waals surface area contributed by atoms with Crippen LogP contribution in [-0.2, 0) is 43.5 Å². The molecular formula is C45H58B2N2O15S2-2. The molecule has 1 N–H and O–H groups in total. The summed E-state index contributed by atoms with van der Waals surface area (Å²) in [7, 11) is -9.74. The van der Waals surface area contributed by atoms with Crippen LogP contribution < -0.4 is 30.6 Å². The molecule has 1 saturated heterocycles. The molecule has 6 rings (SSSR count). The molecule has 4 aromatic rings. The maximum Gasteiger partial charge on any atom is 0.495 e. The van der Waals surface area contributed by atoms with Crippen LogP contribution in [0.25, 0.3) is 0 Å². The van der Waals surface area contributed by atoms with Gasteiger partial charge in [-0.05, 0) is 98.8 Å². The maximum atomic E-state index is 12.3. The molecular weight excluding hydrogens is 894 g/mol. The van der Waals surface area contributed by atoms with Gasteiger partial charge in [-0.2, -0.15) is 0 Å². The number of carbonyl (C=O) groups excluding carboxylic acids is 1. The van der Waals surface area contributed by atoms with Gasteiger partial charge in [0.05, 0.1) is 23.6 Å². The highest BCUT2D eigenvalue weighted by molar-refractivity contribution is 7.90. The minimum atomic E-state index is -4.18. The second-order valence-corrected chi connectivity index (χ2v) is 21.0. The third-order valence-electron chi connectivity index (χ3n) is 9.22. The van der Waals surface area contributed by atoms with E-state index < -0.39 is 80.7 Å². The van der Waals surface area contributed by atoms with Crippen LogP contribution in [0.3, 0.4) is 0 Å². The molecule has 2 aliphatic heterocycles. The fourth-order valence-electron chi connectivity index (χ4n) is 5.74. The highest BCUT2D eigenvalue weighted by Crippen LogP contribution is 2.37. The van der Waals surface area contributed by atoms with E-state index in [0.29, 0.717) is 39.3 Å². The maximum absolute atomic E-state index is 12.3. The van der Waals surface area contributed by atoms with Crippen molar-refractivity contribution in [3.8, 4) is 23.0 Å². The van der Waals surface area contributed by atoms with Gasteiger partial charge >= 0.3 is 14.2 Å². The Morgan fingerprint density at radius 3 is 1.59 bits per heavy atom. The molecule has 2 aliphatic rings. The van der Waals surface area contributed by atoms with Gasteiger partial charge < -0.3 is 48.1 Å². The molecule has 0 radical (unpaired) electrons. The van der Waals surface area contributed by atoms with E-state index in [9.17, 15) is 36.9 Å². The second-order valence-electron chi connectivity index (χ2n) is 17.7. The van der Waals surface area contributed by atoms with E-state index >= 15 is 0 Å². The Hall–Kier alpha value is -5.44. The van der Waals surface area contributed by atoms with Gasteiger partial charge in [0.15, 0.2) is 12.2 Å². The molecule has 21 heteroatoms. The highest BCUT2D eigenvalue weighted by Gasteiger charge is 2.52. The summed E-state index contributed by atoms with van der Waals surface area (Å²) in [5.74, 6) is 1.86. The largest absolute Gasteiger partial charge is 0.594 e. The Balaban J connectivity index is 0.000000282. The number of ether oxygens (including phenoxy) is 4. The van der Waals surface area contributed by atoms with Crippen molar-refractivity contribution in [1.82, 2.24) is 0 Å². The van der Waals surface area contributed by atoms with E-state index in [1.165, 1.54) is 0 Å². The lowest BCUT2D eigenvalue weighted by atomic mass is 9.76. The number of nitrogens with zero attached hydrogens (tertiary/aromatic N) is 2. The number of sulfonamides is 2. The fourth-order valence-corrected chi connectivity index (χ4v) is 7.03. The summed E-state index contributed by atoms with van der Waals surface area (Å²) in [6.07, 6.45) is -1.60. The van der Waals surface area contributed by atoms with Gasteiger partial charge in [-0.3, -0.25) is 4.79 Å². The lowest BCUT2D eigenvalue weighted by Crippen LogP contribution is -2.41. The van der Waals surface area contributed by atoms with Crippen molar-refractivity contribution >= 4 is 63.7 Å². The van der Waals surface area contributed by atoms with Crippen molar-refractivity contribution in [2.45, 2.75) is 105 Å². The van der Waals surface area contributed by atoms with Gasteiger partial charge in [-0.15, -0.1) is 8.80 Å². The van der Waals surface area contributed by atoms with Crippen molar-refractivity contribution in [2.75, 3.05) is 12.0 Å². The molecule has 1 atom stereocenters. The van der Waals surface area contributed by atoms with Gasteiger partial charge in [-0.25, -0.2) is 16.8 Å². The summed E-state index contributed by atoms with van der Waals surface area (Å²) in [5.41, 5.74) is -0.409. The van der Waals surface area contributed by atoms with Crippen molar-refractivity contribution < 1.29 is 69.8 Å². The fraction of sp³-hybridized carbons (Fsp3) is 0.400. The van der Waals surface area contributed by atoms with E-state index in [2.05, 4.69) is 13.5 Å². The molecule has 0 amide bonds. The van der Waals surface area contributed by atoms with Crippen LogP contribution in [0.15, 0.2) is 106 Å². The Morgan fingerprint density at radius 1 is 0.712 bits per heavy atom. The van der Waals surface area contributed by atoms with Crippen LogP contribution in [0.1, 0.15) is 98.7 Å². The van der Waals surface area contributed by atoms with Crippen LogP contribution in [0, 0.1) is 0 Å². The summed E-state index contributed by atoms with van der Waals surface area (Å²) in [6.45, 7) is 17.6. The topological polar surface area (TPSA) is 241 Å². The van der Waals surface area contributed by atoms with Gasteiger partial charge in [0.25, 0.3) is 20.0 Å². The molecule has 0 aliphatic carbocycles. The zero-order valence-corrected chi connectivity index (χ0v) is 39.8. The molecule has 2 heterocycles. The average molecular weight is 953 g/mol. The van der Waals surface area contributed by atoms with Crippen LogP contribution in [0.2, 0.25) is 0 Å². The first-order chi connectivity index (χ1) is 29.9. The Kier molecular flexibility index (Phi) is 18.2. The summed E-state index contributed by atoms with van der Waals surface area (Å²) >= 11 is 0. The number of para-hydroxylation sites is 2. The molecule has 66 heavy (non-hydrogen) atoms. The summed E-state index contributed by atoms with van der Waals surface area (Å²) in [5, 5.41) is 32.6. The number of benzene rings is 4. The van der Waals surface area contributed by atoms with Crippen molar-refractivity contribution in [3.05, 3.63) is 108 Å². The molecule has 4 aromatic carbocycles. The first-order valence-electron chi connectivity index (χ1n) is 20.2. The van der Waals surface area contributed by atoms with E-state index in [-0.39, 0.29) is 7.43 Å². The quantitative estimate of drug-likeness (QED) is 0.0972. The van der Waals surface area contributed by atoms with E-state index in [1.807, 2.05) is 76.2 Å². The lowest BCUT2D eigenvalue weighted by molar-refractivity contribution is -0.260. The second kappa shape index (κ2) is 21.9. The summed E-state index contributed by atoms with van der Waals surface area (Å²) in [4.78, 5) is 11.4. The highest BCUT2D eigenvalue weighted by atomic mass is 32.2. The number of fused-ring (bicyclic) bond motifs is 1. The lowest BCUT2D eigenvalue weighted by Gasteiger charge is -2.32. The third-order valence-corrected chi connectivity index (χ3v) is 10.8. The van der Waals surface area contributed by atoms with Gasteiger partial charge in [-0.1, -0.05) is 91.4 Å². The number of hydrogen-bond donors (Lipinski definition) is 1. The molecule has 0 aromatic heterocycles. The molecule has 1 fully saturated rings. The van der Waals surface area contributed by atoms with E-state index in [4.69, 9.17) is 28.2 Å². The van der Waals surface area contributed by atoms with Gasteiger partial charge in [0, 0.05) is 16.8 Å². The summed E-state index contributed by atoms with van der Waals surface area (Å²) < 4.78 is 90.0. The SMILES string of the molecule is C.CC(C)(C)OC([O-])=NS(=O)(=O)CC1OB(O)c2cc(Oc3ccccc3)ccc21.CC(C)(C)OC([O-])=NS(C)(=O)=O.CC1(C)OB(c2cc(Oc3ccccc3)ccc2C=O)OC1(C)C. The normalized spacial score (nSPS) is 16.9. The number of hydrogen-bond acceptors (Lipinski definition) is 15. The Labute approximate surface area is 389 Å². The molecule has 358 valence electrons.